The second kappa shape index (κ2) is 9.55. The third-order valence-electron chi connectivity index (χ3n) is 5.86. The van der Waals surface area contributed by atoms with Crippen LogP contribution in [0.4, 0.5) is 11.8 Å². The van der Waals surface area contributed by atoms with Crippen molar-refractivity contribution >= 4 is 57.4 Å². The summed E-state index contributed by atoms with van der Waals surface area (Å²) in [4.78, 5) is 42.1. The first-order valence-corrected chi connectivity index (χ1v) is 11.6. The lowest BCUT2D eigenvalue weighted by Crippen LogP contribution is -2.28. The second-order valence-corrected chi connectivity index (χ2v) is 9.16. The first-order valence-electron chi connectivity index (χ1n) is 11.3. The normalized spacial score (nSPS) is 16.1. The SMILES string of the molecule is CN(C)CC=CC(=O)N1CCC(n2nc(C(=O)Nc3nc4cc(Cl)ccc4o3)c3c(N)ncnc32)C1. The minimum Gasteiger partial charge on any atom is -0.423 e. The number of fused-ring (bicyclic) bond motifs is 2. The quantitative estimate of drug-likeness (QED) is 0.373. The molecule has 2 amide bonds. The van der Waals surface area contributed by atoms with Crippen LogP contribution in [-0.2, 0) is 4.79 Å². The van der Waals surface area contributed by atoms with Crippen LogP contribution in [-0.4, -0.2) is 80.1 Å². The number of halogens is 1. The van der Waals surface area contributed by atoms with E-state index in [1.54, 1.807) is 33.9 Å². The number of nitrogen functional groups attached to an aromatic ring is 1. The smallest absolute Gasteiger partial charge is 0.302 e. The Balaban J connectivity index is 1.40. The molecule has 0 spiro atoms. The van der Waals surface area contributed by atoms with Crippen molar-refractivity contribution in [1.82, 2.24) is 34.5 Å². The van der Waals surface area contributed by atoms with E-state index in [0.29, 0.717) is 53.2 Å². The molecule has 3 N–H and O–H groups in total. The van der Waals surface area contributed by atoms with Gasteiger partial charge in [-0.15, -0.1) is 0 Å². The minimum absolute atomic E-state index is 0.00228. The van der Waals surface area contributed by atoms with Crippen LogP contribution in [0.15, 0.2) is 41.1 Å². The third kappa shape index (κ3) is 4.60. The van der Waals surface area contributed by atoms with Crippen molar-refractivity contribution in [3.8, 4) is 0 Å². The molecule has 13 heteroatoms. The third-order valence-corrected chi connectivity index (χ3v) is 6.09. The van der Waals surface area contributed by atoms with Crippen molar-refractivity contribution in [3.63, 3.8) is 0 Å². The number of nitrogens with zero attached hydrogens (tertiary/aromatic N) is 7. The number of rotatable bonds is 6. The number of aromatic nitrogens is 5. The number of carbonyl (C=O) groups is 2. The summed E-state index contributed by atoms with van der Waals surface area (Å²) in [6.07, 6.45) is 5.39. The molecule has 5 rings (SSSR count). The van der Waals surface area contributed by atoms with Crippen LogP contribution >= 0.6 is 11.6 Å². The highest BCUT2D eigenvalue weighted by molar-refractivity contribution is 6.31. The van der Waals surface area contributed by atoms with Crippen molar-refractivity contribution in [3.05, 3.63) is 47.4 Å². The van der Waals surface area contributed by atoms with Crippen molar-refractivity contribution < 1.29 is 14.0 Å². The van der Waals surface area contributed by atoms with E-state index in [0.717, 1.165) is 0 Å². The average Bonchev–Trinajstić information content (AvgIpc) is 3.55. The van der Waals surface area contributed by atoms with Crippen molar-refractivity contribution in [2.24, 2.45) is 0 Å². The maximum absolute atomic E-state index is 13.2. The molecule has 0 aliphatic carbocycles. The Kier molecular flexibility index (Phi) is 6.29. The Hall–Kier alpha value is -4.03. The van der Waals surface area contributed by atoms with E-state index in [1.165, 1.54) is 6.33 Å². The molecule has 186 valence electrons. The van der Waals surface area contributed by atoms with Gasteiger partial charge in [0.1, 0.15) is 17.7 Å². The molecular weight excluding hydrogens is 486 g/mol. The Morgan fingerprint density at radius 1 is 1.33 bits per heavy atom. The fourth-order valence-corrected chi connectivity index (χ4v) is 4.30. The number of nitrogens with two attached hydrogens (primary N) is 1. The van der Waals surface area contributed by atoms with E-state index >= 15 is 0 Å². The monoisotopic (exact) mass is 509 g/mol. The van der Waals surface area contributed by atoms with Crippen LogP contribution in [0.1, 0.15) is 23.0 Å². The van der Waals surface area contributed by atoms with Gasteiger partial charge in [0, 0.05) is 30.7 Å². The van der Waals surface area contributed by atoms with E-state index in [9.17, 15) is 9.59 Å². The number of likely N-dealkylation sites (N-methyl/N-ethyl adjacent to an activating group) is 1. The predicted octanol–water partition coefficient (Wildman–Crippen LogP) is 2.35. The molecule has 1 aliphatic heterocycles. The maximum Gasteiger partial charge on any atom is 0.302 e. The summed E-state index contributed by atoms with van der Waals surface area (Å²) in [6, 6.07) is 4.79. The summed E-state index contributed by atoms with van der Waals surface area (Å²) < 4.78 is 7.24. The van der Waals surface area contributed by atoms with Gasteiger partial charge in [-0.2, -0.15) is 10.1 Å². The van der Waals surface area contributed by atoms with Gasteiger partial charge in [0.05, 0.1) is 11.4 Å². The van der Waals surface area contributed by atoms with E-state index < -0.39 is 5.91 Å². The Morgan fingerprint density at radius 3 is 2.97 bits per heavy atom. The van der Waals surface area contributed by atoms with Gasteiger partial charge in [0.25, 0.3) is 5.91 Å². The molecule has 1 unspecified atom stereocenters. The molecule has 1 aromatic carbocycles. The minimum atomic E-state index is -0.574. The molecule has 1 atom stereocenters. The molecule has 0 radical (unpaired) electrons. The van der Waals surface area contributed by atoms with E-state index in [1.807, 2.05) is 25.1 Å². The molecule has 12 nitrogen and oxygen atoms in total. The van der Waals surface area contributed by atoms with E-state index in [2.05, 4.69) is 25.4 Å². The summed E-state index contributed by atoms with van der Waals surface area (Å²) >= 11 is 6.00. The fourth-order valence-electron chi connectivity index (χ4n) is 4.13. The number of anilines is 2. The molecular formula is C23H24ClN9O3. The van der Waals surface area contributed by atoms with Gasteiger partial charge in [0.2, 0.25) is 5.91 Å². The van der Waals surface area contributed by atoms with Crippen LogP contribution in [0.5, 0.6) is 0 Å². The highest BCUT2D eigenvalue weighted by atomic mass is 35.5. The first kappa shape index (κ1) is 23.7. The van der Waals surface area contributed by atoms with Crippen LogP contribution in [0.2, 0.25) is 5.02 Å². The Bertz CT molecular complexity index is 1490. The number of nitrogens with one attached hydrogen (secondary N) is 1. The highest BCUT2D eigenvalue weighted by Gasteiger charge is 2.31. The molecule has 1 fully saturated rings. The van der Waals surface area contributed by atoms with Gasteiger partial charge in [-0.1, -0.05) is 17.7 Å². The number of likely N-dealkylation sites (tertiary alicyclic amines) is 1. The molecule has 1 saturated heterocycles. The zero-order valence-electron chi connectivity index (χ0n) is 19.7. The average molecular weight is 510 g/mol. The number of oxazole rings is 1. The summed E-state index contributed by atoms with van der Waals surface area (Å²) in [6.45, 7) is 1.66. The predicted molar refractivity (Wildman–Crippen MR) is 135 cm³/mol. The zero-order chi connectivity index (χ0) is 25.4. The second-order valence-electron chi connectivity index (χ2n) is 8.73. The van der Waals surface area contributed by atoms with E-state index in [-0.39, 0.29) is 29.5 Å². The topological polar surface area (TPSA) is 148 Å². The molecule has 0 saturated carbocycles. The van der Waals surface area contributed by atoms with Gasteiger partial charge in [0.15, 0.2) is 16.9 Å². The van der Waals surface area contributed by atoms with Crippen LogP contribution in [0.25, 0.3) is 22.1 Å². The van der Waals surface area contributed by atoms with E-state index in [4.69, 9.17) is 21.8 Å². The number of hydrogen-bond acceptors (Lipinski definition) is 9. The number of benzene rings is 1. The van der Waals surface area contributed by atoms with Crippen molar-refractivity contribution in [2.75, 3.05) is 44.8 Å². The molecule has 3 aromatic heterocycles. The fraction of sp³-hybridized carbons (Fsp3) is 0.304. The summed E-state index contributed by atoms with van der Waals surface area (Å²) in [5.74, 6) is -0.521. The standard InChI is InChI=1S/C23H24ClN9O3/c1-31(2)8-3-4-17(34)32-9-7-14(11-32)33-21-18(20(25)26-12-27-21)19(30-33)22(35)29-23-28-15-10-13(24)5-6-16(15)36-23/h3-6,10,12,14H,7-9,11H2,1-2H3,(H2,25,26,27)(H,28,29,35). The molecule has 36 heavy (non-hydrogen) atoms. The van der Waals surface area contributed by atoms with Gasteiger partial charge in [-0.25, -0.2) is 14.6 Å². The summed E-state index contributed by atoms with van der Waals surface area (Å²) in [7, 11) is 3.87. The van der Waals surface area contributed by atoms with Crippen LogP contribution < -0.4 is 11.1 Å². The highest BCUT2D eigenvalue weighted by Crippen LogP contribution is 2.30. The molecule has 4 aromatic rings. The summed E-state index contributed by atoms with van der Waals surface area (Å²) in [5.41, 5.74) is 7.56. The number of carbonyl (C=O) groups excluding carboxylic acids is 2. The van der Waals surface area contributed by atoms with Crippen LogP contribution in [0.3, 0.4) is 0 Å². The molecule has 1 aliphatic rings. The maximum atomic E-state index is 13.2. The first-order chi connectivity index (χ1) is 17.3. The van der Waals surface area contributed by atoms with Crippen molar-refractivity contribution in [2.45, 2.75) is 12.5 Å². The van der Waals surface area contributed by atoms with Gasteiger partial charge >= 0.3 is 6.01 Å². The van der Waals surface area contributed by atoms with Gasteiger partial charge in [-0.05, 0) is 38.7 Å². The van der Waals surface area contributed by atoms with Gasteiger partial charge in [-0.3, -0.25) is 14.9 Å². The largest absolute Gasteiger partial charge is 0.423 e. The van der Waals surface area contributed by atoms with Gasteiger partial charge < -0.3 is 20.0 Å². The summed E-state index contributed by atoms with van der Waals surface area (Å²) in [5, 5.41) is 7.99. The molecule has 0 bridgehead atoms. The lowest BCUT2D eigenvalue weighted by Gasteiger charge is -2.15. The van der Waals surface area contributed by atoms with Crippen molar-refractivity contribution in [1.29, 1.82) is 0 Å². The Morgan fingerprint density at radius 2 is 2.17 bits per heavy atom. The molecule has 4 heterocycles. The number of hydrogen-bond donors (Lipinski definition) is 2. The lowest BCUT2D eigenvalue weighted by atomic mass is 10.2. The van der Waals surface area contributed by atoms with Crippen LogP contribution in [0, 0.1) is 0 Å². The zero-order valence-corrected chi connectivity index (χ0v) is 20.4. The lowest BCUT2D eigenvalue weighted by molar-refractivity contribution is -0.125. The Labute approximate surface area is 210 Å². The number of amides is 2.